The minimum Gasteiger partial charge on any atom is -0.349 e. The largest absolute Gasteiger partial charge is 0.349 e. The lowest BCUT2D eigenvalue weighted by Crippen LogP contribution is -2.37. The van der Waals surface area contributed by atoms with Crippen LogP contribution in [0.2, 0.25) is 0 Å². The van der Waals surface area contributed by atoms with E-state index in [0.717, 1.165) is 0 Å². The highest BCUT2D eigenvalue weighted by Gasteiger charge is 2.25. The molecular weight excluding hydrogens is 254 g/mol. The van der Waals surface area contributed by atoms with Crippen molar-refractivity contribution in [1.82, 2.24) is 5.32 Å². The van der Waals surface area contributed by atoms with E-state index >= 15 is 0 Å². The minimum absolute atomic E-state index is 0.149. The quantitative estimate of drug-likeness (QED) is 0.688. The van der Waals surface area contributed by atoms with Gasteiger partial charge >= 0.3 is 0 Å². The van der Waals surface area contributed by atoms with Gasteiger partial charge < -0.3 is 16.4 Å². The Hall–Kier alpha value is -2.14. The predicted octanol–water partition coefficient (Wildman–Crippen LogP) is 1.53. The third kappa shape index (κ3) is 4.20. The summed E-state index contributed by atoms with van der Waals surface area (Å²) in [5, 5.41) is 5.46. The molecule has 1 rings (SSSR count). The Bertz CT molecular complexity index is 492. The molecule has 0 fully saturated rings. The maximum Gasteiger partial charge on any atom is 0.251 e. The molecule has 0 bridgehead atoms. The summed E-state index contributed by atoms with van der Waals surface area (Å²) >= 11 is 0. The molecule has 0 unspecified atom stereocenters. The zero-order valence-electron chi connectivity index (χ0n) is 11.9. The van der Waals surface area contributed by atoms with Crippen molar-refractivity contribution in [1.29, 1.82) is 0 Å². The number of anilines is 1. The summed E-state index contributed by atoms with van der Waals surface area (Å²) in [6.07, 6.45) is 1.61. The number of rotatable bonds is 6. The second-order valence-corrected chi connectivity index (χ2v) is 5.12. The van der Waals surface area contributed by atoms with E-state index in [4.69, 9.17) is 5.73 Å². The van der Waals surface area contributed by atoms with E-state index in [-0.39, 0.29) is 18.4 Å². The van der Waals surface area contributed by atoms with Gasteiger partial charge in [-0.05, 0) is 38.1 Å². The molecule has 0 spiro atoms. The van der Waals surface area contributed by atoms with Gasteiger partial charge in [0.1, 0.15) is 0 Å². The fourth-order valence-corrected chi connectivity index (χ4v) is 1.36. The van der Waals surface area contributed by atoms with Crippen LogP contribution in [0.4, 0.5) is 5.69 Å². The van der Waals surface area contributed by atoms with Crippen LogP contribution in [0.15, 0.2) is 36.9 Å². The molecule has 20 heavy (non-hydrogen) atoms. The maximum atomic E-state index is 11.9. The molecule has 0 saturated carbocycles. The van der Waals surface area contributed by atoms with Crippen molar-refractivity contribution in [2.45, 2.75) is 13.8 Å². The molecule has 0 aromatic heterocycles. The fraction of sp³-hybridized carbons (Fsp3) is 0.333. The molecule has 0 aliphatic carbocycles. The highest BCUT2D eigenvalue weighted by atomic mass is 16.2. The van der Waals surface area contributed by atoms with Crippen LogP contribution < -0.4 is 16.4 Å². The van der Waals surface area contributed by atoms with Gasteiger partial charge in [-0.25, -0.2) is 0 Å². The molecule has 0 heterocycles. The monoisotopic (exact) mass is 275 g/mol. The van der Waals surface area contributed by atoms with E-state index in [1.165, 1.54) is 0 Å². The Kier molecular flexibility index (Phi) is 5.46. The van der Waals surface area contributed by atoms with Crippen LogP contribution in [-0.4, -0.2) is 24.9 Å². The van der Waals surface area contributed by atoms with E-state index in [1.807, 2.05) is 0 Å². The van der Waals surface area contributed by atoms with Gasteiger partial charge in [0.25, 0.3) is 5.91 Å². The first-order valence-electron chi connectivity index (χ1n) is 6.41. The maximum absolute atomic E-state index is 11.9. The molecule has 1 aromatic carbocycles. The van der Waals surface area contributed by atoms with Crippen LogP contribution in [-0.2, 0) is 4.79 Å². The van der Waals surface area contributed by atoms with E-state index in [0.29, 0.717) is 17.8 Å². The van der Waals surface area contributed by atoms with Crippen molar-refractivity contribution in [2.24, 2.45) is 11.1 Å². The van der Waals surface area contributed by atoms with Gasteiger partial charge in [-0.15, -0.1) is 6.58 Å². The van der Waals surface area contributed by atoms with E-state index < -0.39 is 5.41 Å². The smallest absolute Gasteiger partial charge is 0.251 e. The Labute approximate surface area is 119 Å². The van der Waals surface area contributed by atoms with Crippen molar-refractivity contribution in [3.63, 3.8) is 0 Å². The standard InChI is InChI=1S/C15H21N3O2/c1-4-9-17-13(19)11-5-7-12(8-6-11)18-14(20)15(2,3)10-16/h4-8H,1,9-10,16H2,2-3H3,(H,17,19)(H,18,20). The van der Waals surface area contributed by atoms with Crippen molar-refractivity contribution in [3.8, 4) is 0 Å². The number of carbonyl (C=O) groups is 2. The first-order valence-corrected chi connectivity index (χ1v) is 6.41. The molecule has 1 aromatic rings. The van der Waals surface area contributed by atoms with Crippen LogP contribution in [0, 0.1) is 5.41 Å². The summed E-state index contributed by atoms with van der Waals surface area (Å²) in [5.74, 6) is -0.325. The van der Waals surface area contributed by atoms with Crippen LogP contribution in [0.5, 0.6) is 0 Å². The highest BCUT2D eigenvalue weighted by Crippen LogP contribution is 2.17. The second kappa shape index (κ2) is 6.86. The van der Waals surface area contributed by atoms with Crippen LogP contribution in [0.1, 0.15) is 24.2 Å². The van der Waals surface area contributed by atoms with E-state index in [1.54, 1.807) is 44.2 Å². The van der Waals surface area contributed by atoms with Gasteiger partial charge in [0.15, 0.2) is 0 Å². The average molecular weight is 275 g/mol. The first-order chi connectivity index (χ1) is 9.40. The Morgan fingerprint density at radius 2 is 1.90 bits per heavy atom. The molecule has 0 atom stereocenters. The zero-order valence-corrected chi connectivity index (χ0v) is 11.9. The van der Waals surface area contributed by atoms with Gasteiger partial charge in [-0.3, -0.25) is 9.59 Å². The van der Waals surface area contributed by atoms with Gasteiger partial charge in [-0.2, -0.15) is 0 Å². The normalized spacial score (nSPS) is 10.8. The number of benzene rings is 1. The summed E-state index contributed by atoms with van der Waals surface area (Å²) in [7, 11) is 0. The molecule has 5 heteroatoms. The molecule has 0 radical (unpaired) electrons. The lowest BCUT2D eigenvalue weighted by Gasteiger charge is -2.21. The predicted molar refractivity (Wildman–Crippen MR) is 80.4 cm³/mol. The van der Waals surface area contributed by atoms with Crippen molar-refractivity contribution >= 4 is 17.5 Å². The number of nitrogens with two attached hydrogens (primary N) is 1. The number of amides is 2. The number of hydrogen-bond donors (Lipinski definition) is 3. The highest BCUT2D eigenvalue weighted by molar-refractivity contribution is 5.97. The Morgan fingerprint density at radius 1 is 1.30 bits per heavy atom. The zero-order chi connectivity index (χ0) is 15.2. The van der Waals surface area contributed by atoms with E-state index in [9.17, 15) is 9.59 Å². The molecule has 2 amide bonds. The van der Waals surface area contributed by atoms with Gasteiger partial charge in [0.05, 0.1) is 5.41 Å². The third-order valence-corrected chi connectivity index (χ3v) is 2.94. The third-order valence-electron chi connectivity index (χ3n) is 2.94. The minimum atomic E-state index is -0.625. The average Bonchev–Trinajstić information content (AvgIpc) is 2.45. The van der Waals surface area contributed by atoms with Crippen molar-refractivity contribution < 1.29 is 9.59 Å². The van der Waals surface area contributed by atoms with Gasteiger partial charge in [0.2, 0.25) is 5.91 Å². The SMILES string of the molecule is C=CCNC(=O)c1ccc(NC(=O)C(C)(C)CN)cc1. The molecule has 4 N–H and O–H groups in total. The van der Waals surface area contributed by atoms with Crippen molar-refractivity contribution in [3.05, 3.63) is 42.5 Å². The molecule has 0 saturated heterocycles. The number of hydrogen-bond acceptors (Lipinski definition) is 3. The van der Waals surface area contributed by atoms with E-state index in [2.05, 4.69) is 17.2 Å². The second-order valence-electron chi connectivity index (χ2n) is 5.12. The fourth-order valence-electron chi connectivity index (χ4n) is 1.36. The molecular formula is C15H21N3O2. The molecule has 5 nitrogen and oxygen atoms in total. The lowest BCUT2D eigenvalue weighted by atomic mass is 9.92. The van der Waals surface area contributed by atoms with Gasteiger partial charge in [0, 0.05) is 24.3 Å². The lowest BCUT2D eigenvalue weighted by molar-refractivity contribution is -0.123. The summed E-state index contributed by atoms with van der Waals surface area (Å²) in [6.45, 7) is 7.77. The molecule has 0 aliphatic rings. The molecule has 0 aliphatic heterocycles. The summed E-state index contributed by atoms with van der Waals surface area (Å²) in [4.78, 5) is 23.6. The Balaban J connectivity index is 2.70. The first kappa shape index (κ1) is 15.9. The van der Waals surface area contributed by atoms with Crippen LogP contribution in [0.25, 0.3) is 0 Å². The summed E-state index contributed by atoms with van der Waals surface area (Å²) < 4.78 is 0. The Morgan fingerprint density at radius 3 is 2.40 bits per heavy atom. The molecule has 108 valence electrons. The van der Waals surface area contributed by atoms with Crippen LogP contribution >= 0.6 is 0 Å². The number of carbonyl (C=O) groups excluding carboxylic acids is 2. The van der Waals surface area contributed by atoms with Crippen LogP contribution in [0.3, 0.4) is 0 Å². The van der Waals surface area contributed by atoms with Gasteiger partial charge in [-0.1, -0.05) is 6.08 Å². The number of nitrogens with one attached hydrogen (secondary N) is 2. The van der Waals surface area contributed by atoms with Crippen molar-refractivity contribution in [2.75, 3.05) is 18.4 Å². The summed E-state index contributed by atoms with van der Waals surface area (Å²) in [5.41, 5.74) is 6.09. The summed E-state index contributed by atoms with van der Waals surface area (Å²) in [6, 6.07) is 6.69. The topological polar surface area (TPSA) is 84.2 Å².